The average molecular weight is 703 g/mol. The zero-order valence-electron chi connectivity index (χ0n) is 29.0. The van der Waals surface area contributed by atoms with E-state index in [2.05, 4.69) is 53.1 Å². The van der Waals surface area contributed by atoms with Crippen LogP contribution in [-0.2, 0) is 12.0 Å². The van der Waals surface area contributed by atoms with Crippen LogP contribution in [0.5, 0.6) is 17.2 Å². The van der Waals surface area contributed by atoms with Crippen LogP contribution in [0.1, 0.15) is 36.8 Å². The molecule has 3 aromatic carbocycles. The van der Waals surface area contributed by atoms with E-state index in [0.717, 1.165) is 67.6 Å². The number of benzene rings is 3. The number of hydrogen-bond donors (Lipinski definition) is 2. The number of para-hydroxylation sites is 1. The van der Waals surface area contributed by atoms with E-state index in [1.54, 1.807) is 30.6 Å². The summed E-state index contributed by atoms with van der Waals surface area (Å²) in [6.07, 6.45) is 6.89. The van der Waals surface area contributed by atoms with Gasteiger partial charge in [-0.15, -0.1) is 0 Å². The molecular formula is C39H47FN4O5S. The Bertz CT molecular complexity index is 1760. The third-order valence-electron chi connectivity index (χ3n) is 10.6. The number of fused-ring (bicyclic) bond motifs is 1. The second-order valence-electron chi connectivity index (χ2n) is 14.0. The van der Waals surface area contributed by atoms with E-state index in [-0.39, 0.29) is 23.9 Å². The maximum atomic E-state index is 12.9. The van der Waals surface area contributed by atoms with Gasteiger partial charge < -0.3 is 39.1 Å². The summed E-state index contributed by atoms with van der Waals surface area (Å²) in [6, 6.07) is 18.7. The molecule has 2 N–H and O–H groups in total. The van der Waals surface area contributed by atoms with Crippen LogP contribution in [0.4, 0.5) is 9.52 Å². The summed E-state index contributed by atoms with van der Waals surface area (Å²) in [6.45, 7) is 4.62. The zero-order valence-corrected chi connectivity index (χ0v) is 29.8. The zero-order chi connectivity index (χ0) is 34.8. The number of aromatic nitrogens is 1. The Morgan fingerprint density at radius 2 is 1.88 bits per heavy atom. The molecule has 1 fully saturated rings. The number of nitrogens with zero attached hydrogens (tertiary/aromatic N) is 4. The summed E-state index contributed by atoms with van der Waals surface area (Å²) in [5.74, 6) is 1.96. The van der Waals surface area contributed by atoms with Crippen molar-refractivity contribution in [3.8, 4) is 17.2 Å². The highest BCUT2D eigenvalue weighted by atomic mass is 32.1. The first-order chi connectivity index (χ1) is 24.2. The van der Waals surface area contributed by atoms with Crippen LogP contribution in [0, 0.1) is 5.82 Å². The highest BCUT2D eigenvalue weighted by Gasteiger charge is 2.52. The maximum absolute atomic E-state index is 12.9. The molecule has 4 aromatic rings. The van der Waals surface area contributed by atoms with Crippen molar-refractivity contribution in [3.05, 3.63) is 89.8 Å². The van der Waals surface area contributed by atoms with Crippen LogP contribution >= 0.6 is 11.3 Å². The van der Waals surface area contributed by atoms with Crippen molar-refractivity contribution in [2.45, 2.75) is 62.0 Å². The van der Waals surface area contributed by atoms with Gasteiger partial charge in [0.1, 0.15) is 30.4 Å². The Balaban J connectivity index is 0.000000165. The molecule has 0 bridgehead atoms. The maximum Gasteiger partial charge on any atom is 0.186 e. The summed E-state index contributed by atoms with van der Waals surface area (Å²) in [4.78, 5) is 11.7. The molecule has 1 unspecified atom stereocenters. The molecular weight excluding hydrogens is 656 g/mol. The topological polar surface area (TPSA) is 90.8 Å². The average Bonchev–Trinajstić information content (AvgIpc) is 3.67. The minimum atomic E-state index is -0.571. The van der Waals surface area contributed by atoms with Crippen LogP contribution in [0.3, 0.4) is 0 Å². The third kappa shape index (κ3) is 7.20. The number of ether oxygens (including phenoxy) is 3. The first-order valence-corrected chi connectivity index (χ1v) is 18.3. The molecule has 1 aliphatic carbocycles. The summed E-state index contributed by atoms with van der Waals surface area (Å²) in [5.41, 5.74) is 3.54. The van der Waals surface area contributed by atoms with Gasteiger partial charge in [-0.05, 0) is 80.9 Å². The second-order valence-corrected chi connectivity index (χ2v) is 15.0. The van der Waals surface area contributed by atoms with Crippen LogP contribution < -0.4 is 19.1 Å². The predicted molar refractivity (Wildman–Crippen MR) is 195 cm³/mol. The van der Waals surface area contributed by atoms with Crippen LogP contribution in [0.15, 0.2) is 72.8 Å². The van der Waals surface area contributed by atoms with Gasteiger partial charge in [-0.25, -0.2) is 9.37 Å². The predicted octanol–water partition coefficient (Wildman–Crippen LogP) is 5.63. The molecule has 0 amide bonds. The highest BCUT2D eigenvalue weighted by Crippen LogP contribution is 2.55. The standard InChI is InChI=1S/C22H26FN3O2S.C17H21NO3/c1-25(22-24-20-4-2-3-5-21(20)29-22)17-10-12-26(13-11-17)14-18(27)15-28-19-8-6-16(23)7-9-19;1-18-8-7-17-6-5-12(19)9-14(17)21-16-13(20-2)4-3-11(10-18)15(16)17/h2-9,17-18,27H,10-15H2,1H3;3-6,12,14,19H,7-10H2,1-2H3/t;12-,14-,17-/m.0/s1. The summed E-state index contributed by atoms with van der Waals surface area (Å²) in [7, 11) is 5.97. The normalized spacial score (nSPS) is 24.0. The molecule has 4 heterocycles. The second kappa shape index (κ2) is 14.9. The number of β-amino-alcohol motifs (C(OH)–C–C–N with tert-alkyl or cyclic N) is 1. The van der Waals surface area contributed by atoms with Crippen LogP contribution in [0.25, 0.3) is 10.2 Å². The van der Waals surface area contributed by atoms with Gasteiger partial charge in [0.25, 0.3) is 0 Å². The SMILES string of the molecule is CN(c1nc2ccccc2s1)C1CCN(CC(O)COc2ccc(F)cc2)CC1.COc1ccc2c3c1O[C@H]1C[C@@H](O)C=C[C@@]31CCN(C)C2. The molecule has 4 aliphatic rings. The number of thiazole rings is 1. The van der Waals surface area contributed by atoms with E-state index < -0.39 is 12.2 Å². The minimum Gasteiger partial charge on any atom is -0.493 e. The smallest absolute Gasteiger partial charge is 0.186 e. The van der Waals surface area contributed by atoms with Gasteiger partial charge >= 0.3 is 0 Å². The fourth-order valence-electron chi connectivity index (χ4n) is 7.81. The van der Waals surface area contributed by atoms with Crippen molar-refractivity contribution in [2.75, 3.05) is 58.9 Å². The van der Waals surface area contributed by atoms with Crippen molar-refractivity contribution >= 4 is 26.7 Å². The first kappa shape index (κ1) is 34.7. The van der Waals surface area contributed by atoms with Crippen LogP contribution in [0.2, 0.25) is 0 Å². The Morgan fingerprint density at radius 1 is 1.10 bits per heavy atom. The Labute approximate surface area is 297 Å². The van der Waals surface area contributed by atoms with E-state index in [9.17, 15) is 14.6 Å². The molecule has 0 radical (unpaired) electrons. The first-order valence-electron chi connectivity index (χ1n) is 17.5. The molecule has 1 aromatic heterocycles. The van der Waals surface area contributed by atoms with E-state index in [4.69, 9.17) is 19.2 Å². The molecule has 0 saturated carbocycles. The lowest BCUT2D eigenvalue weighted by molar-refractivity contribution is 0.0595. The monoisotopic (exact) mass is 702 g/mol. The fourth-order valence-corrected chi connectivity index (χ4v) is 8.81. The molecule has 50 heavy (non-hydrogen) atoms. The molecule has 1 spiro atoms. The van der Waals surface area contributed by atoms with Crippen molar-refractivity contribution < 1.29 is 28.8 Å². The van der Waals surface area contributed by atoms with Gasteiger partial charge in [0, 0.05) is 51.3 Å². The van der Waals surface area contributed by atoms with E-state index in [0.29, 0.717) is 24.8 Å². The quantitative estimate of drug-likeness (QED) is 0.227. The van der Waals surface area contributed by atoms with Crippen LogP contribution in [-0.4, -0.2) is 103 Å². The van der Waals surface area contributed by atoms with Crippen molar-refractivity contribution in [2.24, 2.45) is 0 Å². The van der Waals surface area contributed by atoms with Crippen molar-refractivity contribution in [1.82, 2.24) is 14.8 Å². The number of rotatable bonds is 8. The molecule has 1 saturated heterocycles. The number of hydrogen-bond acceptors (Lipinski definition) is 10. The number of likely N-dealkylation sites (tertiary alicyclic amines) is 1. The van der Waals surface area contributed by atoms with Gasteiger partial charge in [0.15, 0.2) is 16.6 Å². The minimum absolute atomic E-state index is 0.00838. The lowest BCUT2D eigenvalue weighted by Crippen LogP contribution is -2.46. The van der Waals surface area contributed by atoms with Gasteiger partial charge in [0.05, 0.1) is 28.8 Å². The molecule has 266 valence electrons. The van der Waals surface area contributed by atoms with E-state index in [1.807, 2.05) is 24.3 Å². The number of aliphatic hydroxyl groups is 2. The fraction of sp³-hybridized carbons (Fsp3) is 0.462. The molecule has 4 atom stereocenters. The van der Waals surface area contributed by atoms with Crippen molar-refractivity contribution in [3.63, 3.8) is 0 Å². The number of halogens is 1. The third-order valence-corrected chi connectivity index (χ3v) is 11.7. The number of aliphatic hydroxyl groups excluding tert-OH is 2. The largest absolute Gasteiger partial charge is 0.493 e. The lowest BCUT2D eigenvalue weighted by Gasteiger charge is -2.37. The van der Waals surface area contributed by atoms with Crippen molar-refractivity contribution in [1.29, 1.82) is 0 Å². The van der Waals surface area contributed by atoms with E-state index >= 15 is 0 Å². The number of anilines is 1. The number of piperidine rings is 1. The molecule has 9 nitrogen and oxygen atoms in total. The Morgan fingerprint density at radius 3 is 2.64 bits per heavy atom. The Hall–Kier alpha value is -3.74. The van der Waals surface area contributed by atoms with Gasteiger partial charge in [-0.1, -0.05) is 41.7 Å². The molecule has 8 rings (SSSR count). The van der Waals surface area contributed by atoms with E-state index in [1.165, 1.54) is 28.0 Å². The summed E-state index contributed by atoms with van der Waals surface area (Å²) >= 11 is 1.74. The summed E-state index contributed by atoms with van der Waals surface area (Å²) in [5, 5.41) is 21.3. The van der Waals surface area contributed by atoms with Gasteiger partial charge in [-0.2, -0.15) is 0 Å². The highest BCUT2D eigenvalue weighted by molar-refractivity contribution is 7.22. The van der Waals surface area contributed by atoms with Gasteiger partial charge in [-0.3, -0.25) is 0 Å². The lowest BCUT2D eigenvalue weighted by atomic mass is 9.69. The Kier molecular flexibility index (Phi) is 10.3. The summed E-state index contributed by atoms with van der Waals surface area (Å²) < 4.78 is 31.5. The molecule has 11 heteroatoms. The number of methoxy groups -OCH3 is 1. The molecule has 3 aliphatic heterocycles. The van der Waals surface area contributed by atoms with Gasteiger partial charge in [0.2, 0.25) is 0 Å².